The van der Waals surface area contributed by atoms with E-state index in [1.807, 2.05) is 6.92 Å². The highest BCUT2D eigenvalue weighted by Gasteiger charge is 2.18. The molecule has 0 spiro atoms. The number of carbonyl (C=O) groups excluding carboxylic acids is 2. The van der Waals surface area contributed by atoms with Crippen LogP contribution < -0.4 is 5.73 Å². The minimum atomic E-state index is -0.352. The minimum Gasteiger partial charge on any atom is -0.469 e. The van der Waals surface area contributed by atoms with Gasteiger partial charge in [-0.25, -0.2) is 0 Å². The van der Waals surface area contributed by atoms with Crippen LogP contribution in [0.3, 0.4) is 0 Å². The summed E-state index contributed by atoms with van der Waals surface area (Å²) in [5.41, 5.74) is 7.65. The number of esters is 1. The van der Waals surface area contributed by atoms with Crippen LogP contribution in [0.2, 0.25) is 0 Å². The van der Waals surface area contributed by atoms with Crippen LogP contribution in [0, 0.1) is 6.92 Å². The SMILES string of the molecule is COCCN(CCC(=O)OC)C(=O)c1cc(N)ccc1C. The number of amides is 1. The summed E-state index contributed by atoms with van der Waals surface area (Å²) in [5, 5.41) is 0. The van der Waals surface area contributed by atoms with Crippen LogP contribution in [0.4, 0.5) is 5.69 Å². The first-order valence-electron chi connectivity index (χ1n) is 6.70. The van der Waals surface area contributed by atoms with Crippen molar-refractivity contribution in [3.63, 3.8) is 0 Å². The van der Waals surface area contributed by atoms with Crippen molar-refractivity contribution in [2.24, 2.45) is 0 Å². The number of hydrogen-bond acceptors (Lipinski definition) is 5. The molecule has 1 rings (SSSR count). The quantitative estimate of drug-likeness (QED) is 0.604. The smallest absolute Gasteiger partial charge is 0.307 e. The molecule has 0 radical (unpaired) electrons. The average Bonchev–Trinajstić information content (AvgIpc) is 2.48. The van der Waals surface area contributed by atoms with E-state index in [2.05, 4.69) is 4.74 Å². The first kappa shape index (κ1) is 17.0. The molecule has 1 amide bonds. The average molecular weight is 294 g/mol. The lowest BCUT2D eigenvalue weighted by atomic mass is 10.1. The number of methoxy groups -OCH3 is 2. The van der Waals surface area contributed by atoms with Crippen LogP contribution in [0.15, 0.2) is 18.2 Å². The van der Waals surface area contributed by atoms with Crippen molar-refractivity contribution in [3.05, 3.63) is 29.3 Å². The van der Waals surface area contributed by atoms with E-state index >= 15 is 0 Å². The molecule has 0 aliphatic rings. The molecule has 1 aromatic rings. The third-order valence-electron chi connectivity index (χ3n) is 3.16. The fourth-order valence-corrected chi connectivity index (χ4v) is 1.89. The maximum atomic E-state index is 12.6. The Morgan fingerprint density at radius 2 is 1.95 bits per heavy atom. The molecule has 0 saturated carbocycles. The molecule has 0 unspecified atom stereocenters. The van der Waals surface area contributed by atoms with E-state index in [9.17, 15) is 9.59 Å². The summed E-state index contributed by atoms with van der Waals surface area (Å²) in [7, 11) is 2.89. The van der Waals surface area contributed by atoms with Gasteiger partial charge in [0.05, 0.1) is 20.1 Å². The number of rotatable bonds is 7. The normalized spacial score (nSPS) is 10.2. The highest BCUT2D eigenvalue weighted by Crippen LogP contribution is 2.15. The standard InChI is InChI=1S/C15H22N2O4/c1-11-4-5-12(16)10-13(11)15(19)17(8-9-20-2)7-6-14(18)21-3/h4-5,10H,6-9,16H2,1-3H3. The van der Waals surface area contributed by atoms with E-state index in [1.165, 1.54) is 7.11 Å². The van der Waals surface area contributed by atoms with Crippen LogP contribution in [-0.4, -0.2) is 50.7 Å². The second-order valence-electron chi connectivity index (χ2n) is 4.69. The molecule has 1 aromatic carbocycles. The Bertz CT molecular complexity index is 502. The molecule has 0 bridgehead atoms. The van der Waals surface area contributed by atoms with Crippen LogP contribution in [0.5, 0.6) is 0 Å². The number of nitrogens with two attached hydrogens (primary N) is 1. The molecule has 0 atom stereocenters. The molecule has 0 fully saturated rings. The number of hydrogen-bond donors (Lipinski definition) is 1. The summed E-state index contributed by atoms with van der Waals surface area (Å²) < 4.78 is 9.62. The van der Waals surface area contributed by atoms with Crippen LogP contribution in [-0.2, 0) is 14.3 Å². The third kappa shape index (κ3) is 5.07. The van der Waals surface area contributed by atoms with Gasteiger partial charge >= 0.3 is 5.97 Å². The summed E-state index contributed by atoms with van der Waals surface area (Å²) >= 11 is 0. The van der Waals surface area contributed by atoms with Crippen molar-refractivity contribution >= 4 is 17.6 Å². The zero-order valence-corrected chi connectivity index (χ0v) is 12.7. The van der Waals surface area contributed by atoms with Crippen molar-refractivity contribution in [1.82, 2.24) is 4.90 Å². The summed E-state index contributed by atoms with van der Waals surface area (Å²) in [5.74, 6) is -0.518. The molecule has 6 nitrogen and oxygen atoms in total. The number of benzene rings is 1. The molecule has 0 heterocycles. The Hall–Kier alpha value is -2.08. The maximum Gasteiger partial charge on any atom is 0.307 e. The van der Waals surface area contributed by atoms with E-state index in [0.29, 0.717) is 24.4 Å². The van der Waals surface area contributed by atoms with Gasteiger partial charge in [0.25, 0.3) is 5.91 Å². The largest absolute Gasteiger partial charge is 0.469 e. The lowest BCUT2D eigenvalue weighted by molar-refractivity contribution is -0.140. The molecule has 2 N–H and O–H groups in total. The summed E-state index contributed by atoms with van der Waals surface area (Å²) in [4.78, 5) is 25.4. The fourth-order valence-electron chi connectivity index (χ4n) is 1.89. The van der Waals surface area contributed by atoms with Gasteiger partial charge in [-0.2, -0.15) is 0 Å². The Labute approximate surface area is 124 Å². The second-order valence-corrected chi connectivity index (χ2v) is 4.69. The molecule has 21 heavy (non-hydrogen) atoms. The van der Waals surface area contributed by atoms with Gasteiger partial charge < -0.3 is 20.1 Å². The van der Waals surface area contributed by atoms with E-state index in [0.717, 1.165) is 5.56 Å². The van der Waals surface area contributed by atoms with Crippen LogP contribution in [0.1, 0.15) is 22.3 Å². The van der Waals surface area contributed by atoms with Gasteiger partial charge in [0.1, 0.15) is 0 Å². The number of ether oxygens (including phenoxy) is 2. The van der Waals surface area contributed by atoms with E-state index in [-0.39, 0.29) is 24.8 Å². The summed E-state index contributed by atoms with van der Waals surface area (Å²) in [6, 6.07) is 5.20. The Morgan fingerprint density at radius 3 is 2.57 bits per heavy atom. The molecular weight excluding hydrogens is 272 g/mol. The highest BCUT2D eigenvalue weighted by atomic mass is 16.5. The predicted molar refractivity (Wildman–Crippen MR) is 80.0 cm³/mol. The molecule has 0 saturated heterocycles. The molecule has 0 aliphatic heterocycles. The number of aryl methyl sites for hydroxylation is 1. The Morgan fingerprint density at radius 1 is 1.24 bits per heavy atom. The first-order valence-corrected chi connectivity index (χ1v) is 6.70. The lowest BCUT2D eigenvalue weighted by Crippen LogP contribution is -2.36. The minimum absolute atomic E-state index is 0.146. The Balaban J connectivity index is 2.87. The zero-order valence-electron chi connectivity index (χ0n) is 12.7. The first-order chi connectivity index (χ1) is 9.99. The molecular formula is C15H22N2O4. The predicted octanol–water partition coefficient (Wildman–Crippen LogP) is 1.23. The summed E-state index contributed by atoms with van der Waals surface area (Å²) in [6.45, 7) is 2.93. The van der Waals surface area contributed by atoms with E-state index in [1.54, 1.807) is 30.2 Å². The van der Waals surface area contributed by atoms with Crippen molar-refractivity contribution in [2.45, 2.75) is 13.3 Å². The van der Waals surface area contributed by atoms with Gasteiger partial charge in [-0.1, -0.05) is 6.07 Å². The number of carbonyl (C=O) groups is 2. The van der Waals surface area contributed by atoms with E-state index in [4.69, 9.17) is 10.5 Å². The number of nitrogen functional groups attached to an aromatic ring is 1. The van der Waals surface area contributed by atoms with Gasteiger partial charge in [0, 0.05) is 31.5 Å². The van der Waals surface area contributed by atoms with Gasteiger partial charge in [0.2, 0.25) is 0 Å². The Kier molecular flexibility index (Phi) is 6.68. The lowest BCUT2D eigenvalue weighted by Gasteiger charge is -2.23. The second kappa shape index (κ2) is 8.26. The molecule has 6 heteroatoms. The van der Waals surface area contributed by atoms with Gasteiger partial charge in [-0.3, -0.25) is 9.59 Å². The van der Waals surface area contributed by atoms with E-state index < -0.39 is 0 Å². The summed E-state index contributed by atoms with van der Waals surface area (Å²) in [6.07, 6.45) is 0.146. The van der Waals surface area contributed by atoms with Crippen molar-refractivity contribution in [1.29, 1.82) is 0 Å². The monoisotopic (exact) mass is 294 g/mol. The maximum absolute atomic E-state index is 12.6. The molecule has 0 aromatic heterocycles. The molecule has 0 aliphatic carbocycles. The fraction of sp³-hybridized carbons (Fsp3) is 0.467. The van der Waals surface area contributed by atoms with Gasteiger partial charge in [-0.05, 0) is 24.6 Å². The van der Waals surface area contributed by atoms with Crippen LogP contribution in [0.25, 0.3) is 0 Å². The van der Waals surface area contributed by atoms with Crippen molar-refractivity contribution in [2.75, 3.05) is 39.6 Å². The highest BCUT2D eigenvalue weighted by molar-refractivity contribution is 5.96. The topological polar surface area (TPSA) is 81.9 Å². The van der Waals surface area contributed by atoms with Crippen LogP contribution >= 0.6 is 0 Å². The van der Waals surface area contributed by atoms with Crippen molar-refractivity contribution < 1.29 is 19.1 Å². The zero-order chi connectivity index (χ0) is 15.8. The number of anilines is 1. The van der Waals surface area contributed by atoms with Crippen molar-refractivity contribution in [3.8, 4) is 0 Å². The van der Waals surface area contributed by atoms with Gasteiger partial charge in [-0.15, -0.1) is 0 Å². The molecule has 116 valence electrons. The van der Waals surface area contributed by atoms with Gasteiger partial charge in [0.15, 0.2) is 0 Å². The number of nitrogens with zero attached hydrogens (tertiary/aromatic N) is 1. The third-order valence-corrected chi connectivity index (χ3v) is 3.16.